The first-order chi connectivity index (χ1) is 16.9. The van der Waals surface area contributed by atoms with E-state index in [1.165, 1.54) is 5.01 Å². The molecule has 1 atom stereocenters. The Morgan fingerprint density at radius 2 is 1.34 bits per heavy atom. The maximum atomic E-state index is 13.4. The number of carbonyl (C=O) groups is 3. The van der Waals surface area contributed by atoms with Gasteiger partial charge >= 0.3 is 0 Å². The lowest BCUT2D eigenvalue weighted by molar-refractivity contribution is -0.114. The lowest BCUT2D eigenvalue weighted by atomic mass is 9.92. The molecule has 6 nitrogen and oxygen atoms in total. The van der Waals surface area contributed by atoms with Crippen LogP contribution in [-0.2, 0) is 4.79 Å². The number of allylic oxidation sites excluding steroid dienone is 1. The molecule has 1 saturated heterocycles. The molecule has 0 unspecified atom stereocenters. The Balaban J connectivity index is 1.47. The minimum atomic E-state index is -0.621. The number of fused-ring (bicyclic) bond motifs is 1. The van der Waals surface area contributed by atoms with Crippen LogP contribution in [0, 0.1) is 13.8 Å². The van der Waals surface area contributed by atoms with Crippen molar-refractivity contribution in [2.45, 2.75) is 32.9 Å². The van der Waals surface area contributed by atoms with Crippen molar-refractivity contribution in [3.63, 3.8) is 0 Å². The summed E-state index contributed by atoms with van der Waals surface area (Å²) in [6.07, 6.45) is -0.588. The summed E-state index contributed by atoms with van der Waals surface area (Å²) in [7, 11) is 0. The molecular formula is C29H25N3O3. The highest BCUT2D eigenvalue weighted by molar-refractivity contribution is 6.24. The number of aryl methyl sites for hydroxylation is 2. The molecule has 35 heavy (non-hydrogen) atoms. The molecular weight excluding hydrogens is 438 g/mol. The van der Waals surface area contributed by atoms with Crippen LogP contribution < -0.4 is 10.4 Å². The molecule has 174 valence electrons. The van der Waals surface area contributed by atoms with E-state index in [0.717, 1.165) is 11.1 Å². The van der Waals surface area contributed by atoms with Crippen LogP contribution in [0.25, 0.3) is 0 Å². The van der Waals surface area contributed by atoms with Gasteiger partial charge in [-0.3, -0.25) is 19.4 Å². The molecule has 0 spiro atoms. The fourth-order valence-electron chi connectivity index (χ4n) is 4.37. The third kappa shape index (κ3) is 4.48. The van der Waals surface area contributed by atoms with Crippen molar-refractivity contribution in [1.82, 2.24) is 5.43 Å². The minimum Gasteiger partial charge on any atom is -0.294 e. The Labute approximate surface area is 204 Å². The van der Waals surface area contributed by atoms with Crippen LogP contribution in [0.3, 0.4) is 0 Å². The van der Waals surface area contributed by atoms with E-state index in [0.29, 0.717) is 33.7 Å². The van der Waals surface area contributed by atoms with Gasteiger partial charge in [0.1, 0.15) is 6.17 Å². The van der Waals surface area contributed by atoms with Crippen molar-refractivity contribution < 1.29 is 14.4 Å². The molecule has 5 rings (SSSR count). The molecule has 3 aromatic carbocycles. The number of para-hydroxylation sites is 1. The SMILES string of the molecule is Cc1ccc(C(=O)CC2=N[C@H]3NN(c4ccccc4)C(=O)C3=C2CC(=O)c2ccc(C)cc2)cc1. The monoisotopic (exact) mass is 463 g/mol. The molecule has 2 aliphatic heterocycles. The number of hydrazine groups is 1. The predicted molar refractivity (Wildman–Crippen MR) is 136 cm³/mol. The summed E-state index contributed by atoms with van der Waals surface area (Å²) in [6, 6.07) is 23.9. The summed E-state index contributed by atoms with van der Waals surface area (Å²) in [4.78, 5) is 44.3. The molecule has 1 fully saturated rings. The molecule has 3 aromatic rings. The summed E-state index contributed by atoms with van der Waals surface area (Å²) in [6.45, 7) is 3.92. The molecule has 1 amide bonds. The van der Waals surface area contributed by atoms with Gasteiger partial charge in [-0.1, -0.05) is 77.9 Å². The zero-order valence-corrected chi connectivity index (χ0v) is 19.6. The second kappa shape index (κ2) is 9.24. The Hall–Kier alpha value is -4.16. The fraction of sp³-hybridized carbons (Fsp3) is 0.172. The van der Waals surface area contributed by atoms with Gasteiger partial charge < -0.3 is 0 Å². The number of Topliss-reactive ketones (excluding diaryl/α,β-unsaturated/α-hetero) is 2. The summed E-state index contributed by atoms with van der Waals surface area (Å²) >= 11 is 0. The first kappa shape index (κ1) is 22.6. The molecule has 0 aliphatic carbocycles. The standard InChI is InChI=1S/C29H25N3O3/c1-18-8-12-20(13-9-18)25(33)16-23-24(17-26(34)21-14-10-19(2)11-15-21)30-28-27(23)29(35)32(31-28)22-6-4-3-5-7-22/h3-15,28,31H,16-17H2,1-2H3/t28-/m0/s1. The van der Waals surface area contributed by atoms with Gasteiger partial charge in [0.2, 0.25) is 0 Å². The maximum absolute atomic E-state index is 13.4. The zero-order valence-electron chi connectivity index (χ0n) is 19.6. The Morgan fingerprint density at radius 1 is 0.800 bits per heavy atom. The van der Waals surface area contributed by atoms with E-state index in [1.54, 1.807) is 24.3 Å². The van der Waals surface area contributed by atoms with Crippen molar-refractivity contribution in [3.8, 4) is 0 Å². The van der Waals surface area contributed by atoms with Crippen molar-refractivity contribution >= 4 is 28.9 Å². The highest BCUT2D eigenvalue weighted by Gasteiger charge is 2.43. The second-order valence-electron chi connectivity index (χ2n) is 8.91. The van der Waals surface area contributed by atoms with Gasteiger partial charge in [-0.05, 0) is 31.6 Å². The first-order valence-corrected chi connectivity index (χ1v) is 11.6. The van der Waals surface area contributed by atoms with E-state index < -0.39 is 6.17 Å². The number of aliphatic imine (C=N–C) groups is 1. The molecule has 0 saturated carbocycles. The zero-order chi connectivity index (χ0) is 24.5. The molecule has 1 N–H and O–H groups in total. The quantitative estimate of drug-likeness (QED) is 0.512. The summed E-state index contributed by atoms with van der Waals surface area (Å²) < 4.78 is 0. The van der Waals surface area contributed by atoms with Gasteiger partial charge in [-0.25, -0.2) is 5.01 Å². The topological polar surface area (TPSA) is 78.8 Å². The van der Waals surface area contributed by atoms with Crippen LogP contribution in [0.2, 0.25) is 0 Å². The van der Waals surface area contributed by atoms with Gasteiger partial charge in [0, 0.05) is 23.3 Å². The smallest absolute Gasteiger partial charge is 0.272 e. The number of carbonyl (C=O) groups excluding carboxylic acids is 3. The third-order valence-corrected chi connectivity index (χ3v) is 6.34. The van der Waals surface area contributed by atoms with E-state index in [4.69, 9.17) is 4.99 Å². The van der Waals surface area contributed by atoms with Crippen molar-refractivity contribution in [1.29, 1.82) is 0 Å². The average Bonchev–Trinajstić information content (AvgIpc) is 3.36. The van der Waals surface area contributed by atoms with Gasteiger partial charge in [0.25, 0.3) is 5.91 Å². The Kier molecular flexibility index (Phi) is 5.97. The van der Waals surface area contributed by atoms with Crippen molar-refractivity contribution in [2.24, 2.45) is 4.99 Å². The van der Waals surface area contributed by atoms with E-state index in [2.05, 4.69) is 5.43 Å². The Morgan fingerprint density at radius 3 is 1.91 bits per heavy atom. The molecule has 0 bridgehead atoms. The average molecular weight is 464 g/mol. The van der Waals surface area contributed by atoms with Crippen LogP contribution in [0.4, 0.5) is 5.69 Å². The number of hydrogen-bond acceptors (Lipinski definition) is 5. The molecule has 2 aliphatic rings. The number of benzene rings is 3. The highest BCUT2D eigenvalue weighted by atomic mass is 16.2. The first-order valence-electron chi connectivity index (χ1n) is 11.6. The lowest BCUT2D eigenvalue weighted by Crippen LogP contribution is -2.37. The number of nitrogens with zero attached hydrogens (tertiary/aromatic N) is 2. The number of hydrogen-bond donors (Lipinski definition) is 1. The van der Waals surface area contributed by atoms with E-state index in [-0.39, 0.29) is 30.3 Å². The van der Waals surface area contributed by atoms with Gasteiger partial charge in [-0.2, -0.15) is 5.43 Å². The summed E-state index contributed by atoms with van der Waals surface area (Å²) in [5.41, 5.74) is 8.56. The minimum absolute atomic E-state index is 0.00492. The van der Waals surface area contributed by atoms with Gasteiger partial charge in [0.15, 0.2) is 11.6 Å². The lowest BCUT2D eigenvalue weighted by Gasteiger charge is -2.17. The fourth-order valence-corrected chi connectivity index (χ4v) is 4.37. The van der Waals surface area contributed by atoms with E-state index >= 15 is 0 Å². The summed E-state index contributed by atoms with van der Waals surface area (Å²) in [5.74, 6) is -0.471. The maximum Gasteiger partial charge on any atom is 0.272 e. The Bertz CT molecular complexity index is 1370. The number of anilines is 1. The van der Waals surface area contributed by atoms with Crippen LogP contribution >= 0.6 is 0 Å². The number of nitrogens with one attached hydrogen (secondary N) is 1. The molecule has 2 heterocycles. The third-order valence-electron chi connectivity index (χ3n) is 6.34. The van der Waals surface area contributed by atoms with Crippen molar-refractivity contribution in [3.05, 3.63) is 112 Å². The number of amides is 1. The molecule has 6 heteroatoms. The van der Waals surface area contributed by atoms with Gasteiger partial charge in [-0.15, -0.1) is 0 Å². The largest absolute Gasteiger partial charge is 0.294 e. The number of rotatable bonds is 7. The van der Waals surface area contributed by atoms with Crippen LogP contribution in [0.15, 0.2) is 95.0 Å². The van der Waals surface area contributed by atoms with Crippen LogP contribution in [0.1, 0.15) is 44.7 Å². The van der Waals surface area contributed by atoms with Crippen LogP contribution in [0.5, 0.6) is 0 Å². The summed E-state index contributed by atoms with van der Waals surface area (Å²) in [5, 5.41) is 1.46. The molecule has 0 radical (unpaired) electrons. The van der Waals surface area contributed by atoms with Crippen molar-refractivity contribution in [2.75, 3.05) is 5.01 Å². The van der Waals surface area contributed by atoms with Crippen LogP contribution in [-0.4, -0.2) is 29.4 Å². The normalized spacial score (nSPS) is 17.0. The van der Waals surface area contributed by atoms with Gasteiger partial charge in [0.05, 0.1) is 17.7 Å². The van der Waals surface area contributed by atoms with E-state index in [1.807, 2.05) is 68.4 Å². The highest BCUT2D eigenvalue weighted by Crippen LogP contribution is 2.33. The second-order valence-corrected chi connectivity index (χ2v) is 8.91. The van der Waals surface area contributed by atoms with E-state index in [9.17, 15) is 14.4 Å². The number of ketones is 2. The predicted octanol–water partition coefficient (Wildman–Crippen LogP) is 4.78. The molecule has 0 aromatic heterocycles.